The molecule has 1 aliphatic heterocycles. The monoisotopic (exact) mass is 494 g/mol. The number of para-hydroxylation sites is 2. The van der Waals surface area contributed by atoms with Crippen molar-refractivity contribution in [3.8, 4) is 11.4 Å². The van der Waals surface area contributed by atoms with Crippen molar-refractivity contribution in [2.24, 2.45) is 0 Å². The molecule has 1 amide bonds. The highest BCUT2D eigenvalue weighted by Crippen LogP contribution is 2.48. The van der Waals surface area contributed by atoms with Gasteiger partial charge in [-0.05, 0) is 30.3 Å². The third kappa shape index (κ3) is 3.66. The second-order valence-electron chi connectivity index (χ2n) is 6.50. The Balaban J connectivity index is 1.38. The first-order valence-electron chi connectivity index (χ1n) is 9.20. The van der Waals surface area contributed by atoms with Crippen LogP contribution in [0, 0.1) is 0 Å². The topological polar surface area (TPSA) is 61.9 Å². The zero-order valence-corrected chi connectivity index (χ0v) is 18.8. The Hall–Kier alpha value is -2.55. The molecule has 5 nitrogen and oxygen atoms in total. The fourth-order valence-corrected chi connectivity index (χ4v) is 5.43. The van der Waals surface area contributed by atoms with E-state index in [4.69, 9.17) is 0 Å². The molecular weight excluding hydrogens is 480 g/mol. The number of halogens is 1. The number of thioether (sulfide) groups is 1. The summed E-state index contributed by atoms with van der Waals surface area (Å²) in [6.07, 6.45) is 0. The Kier molecular flexibility index (Phi) is 5.37. The number of H-pyrrole nitrogens is 1. The molecule has 0 saturated heterocycles. The highest BCUT2D eigenvalue weighted by molar-refractivity contribution is 9.10. The van der Waals surface area contributed by atoms with Gasteiger partial charge in [0.1, 0.15) is 0 Å². The van der Waals surface area contributed by atoms with Crippen molar-refractivity contribution in [2.75, 3.05) is 10.7 Å². The number of carbonyl (C=O) groups is 1. The molecule has 2 heterocycles. The molecule has 8 heteroatoms. The van der Waals surface area contributed by atoms with E-state index in [1.807, 2.05) is 72.8 Å². The molecule has 30 heavy (non-hydrogen) atoms. The second-order valence-corrected chi connectivity index (χ2v) is 9.38. The van der Waals surface area contributed by atoms with Crippen molar-refractivity contribution in [3.63, 3.8) is 0 Å². The zero-order chi connectivity index (χ0) is 20.5. The maximum atomic E-state index is 13.3. The Morgan fingerprint density at radius 2 is 1.60 bits per heavy atom. The number of rotatable bonds is 4. The number of benzene rings is 3. The van der Waals surface area contributed by atoms with E-state index in [-0.39, 0.29) is 11.7 Å². The molecule has 0 aliphatic carbocycles. The minimum Gasteiger partial charge on any atom is -0.278 e. The van der Waals surface area contributed by atoms with E-state index in [0.717, 1.165) is 31.2 Å². The van der Waals surface area contributed by atoms with Gasteiger partial charge >= 0.3 is 0 Å². The van der Waals surface area contributed by atoms with Crippen molar-refractivity contribution in [1.82, 2.24) is 15.2 Å². The summed E-state index contributed by atoms with van der Waals surface area (Å²) in [5.41, 5.74) is 2.76. The van der Waals surface area contributed by atoms with Crippen LogP contribution >= 0.6 is 39.5 Å². The van der Waals surface area contributed by atoms with Crippen molar-refractivity contribution in [2.45, 2.75) is 14.9 Å². The number of aromatic nitrogens is 3. The van der Waals surface area contributed by atoms with Gasteiger partial charge in [-0.15, -0.1) is 5.10 Å². The lowest BCUT2D eigenvalue weighted by Gasteiger charge is -2.30. The van der Waals surface area contributed by atoms with Gasteiger partial charge in [0.25, 0.3) is 0 Å². The standard InChI is InChI=1S/C22H15BrN4OS2/c23-15-8-2-1-7-14(15)21-24-22(26-25-21)29-13-20(28)27-16-9-3-5-11-18(16)30-19-12-6-4-10-17(19)27/h1-12H,13H2,(H,24,25,26). The van der Waals surface area contributed by atoms with Crippen LogP contribution < -0.4 is 4.90 Å². The fourth-order valence-electron chi connectivity index (χ4n) is 3.25. The molecule has 0 bridgehead atoms. The predicted molar refractivity (Wildman–Crippen MR) is 124 cm³/mol. The van der Waals surface area contributed by atoms with Gasteiger partial charge in [0.05, 0.1) is 17.1 Å². The summed E-state index contributed by atoms with van der Waals surface area (Å²) in [6, 6.07) is 23.8. The second kappa shape index (κ2) is 8.29. The molecule has 0 saturated carbocycles. The summed E-state index contributed by atoms with van der Waals surface area (Å²) in [5, 5.41) is 7.77. The molecule has 5 rings (SSSR count). The number of hydrogen-bond donors (Lipinski definition) is 1. The van der Waals surface area contributed by atoms with Crippen LogP contribution in [0.15, 0.2) is 92.2 Å². The van der Waals surface area contributed by atoms with E-state index in [1.165, 1.54) is 11.8 Å². The number of carbonyl (C=O) groups excluding carboxylic acids is 1. The minimum atomic E-state index is -0.00700. The number of fused-ring (bicyclic) bond motifs is 2. The molecule has 0 spiro atoms. The van der Waals surface area contributed by atoms with Crippen LogP contribution in [0.1, 0.15) is 0 Å². The maximum Gasteiger partial charge on any atom is 0.242 e. The number of aromatic amines is 1. The Labute approximate surface area is 190 Å². The highest BCUT2D eigenvalue weighted by atomic mass is 79.9. The average molecular weight is 495 g/mol. The van der Waals surface area contributed by atoms with Gasteiger partial charge in [-0.3, -0.25) is 14.8 Å². The van der Waals surface area contributed by atoms with Gasteiger partial charge < -0.3 is 0 Å². The summed E-state index contributed by atoms with van der Waals surface area (Å²) in [4.78, 5) is 21.7. The van der Waals surface area contributed by atoms with E-state index in [2.05, 4.69) is 31.1 Å². The SMILES string of the molecule is O=C(CSc1n[nH]c(-c2ccccc2Br)n1)N1c2ccccc2Sc2ccccc21. The molecule has 0 radical (unpaired) electrons. The molecule has 1 aliphatic rings. The van der Waals surface area contributed by atoms with Gasteiger partial charge in [0, 0.05) is 19.8 Å². The van der Waals surface area contributed by atoms with Crippen LogP contribution in [0.2, 0.25) is 0 Å². The van der Waals surface area contributed by atoms with Gasteiger partial charge in [0.2, 0.25) is 11.1 Å². The molecule has 1 N–H and O–H groups in total. The van der Waals surface area contributed by atoms with Crippen LogP contribution in [0.5, 0.6) is 0 Å². The summed E-state index contributed by atoms with van der Waals surface area (Å²) in [6.45, 7) is 0. The third-order valence-corrected chi connectivity index (χ3v) is 7.25. The Morgan fingerprint density at radius 1 is 0.967 bits per heavy atom. The van der Waals surface area contributed by atoms with Crippen LogP contribution in [-0.2, 0) is 4.79 Å². The number of hydrogen-bond acceptors (Lipinski definition) is 5. The first kappa shape index (κ1) is 19.4. The maximum absolute atomic E-state index is 13.3. The van der Waals surface area contributed by atoms with E-state index >= 15 is 0 Å². The van der Waals surface area contributed by atoms with Crippen LogP contribution in [0.4, 0.5) is 11.4 Å². The lowest BCUT2D eigenvalue weighted by Crippen LogP contribution is -2.30. The number of nitrogens with one attached hydrogen (secondary N) is 1. The fraction of sp³-hybridized carbons (Fsp3) is 0.0455. The third-order valence-electron chi connectivity index (χ3n) is 4.60. The molecular formula is C22H15BrN4OS2. The molecule has 4 aromatic rings. The van der Waals surface area contributed by atoms with Gasteiger partial charge in [-0.2, -0.15) is 0 Å². The van der Waals surface area contributed by atoms with Crippen LogP contribution in [0.3, 0.4) is 0 Å². The van der Waals surface area contributed by atoms with Gasteiger partial charge in [-0.25, -0.2) is 4.98 Å². The van der Waals surface area contributed by atoms with Crippen molar-refractivity contribution >= 4 is 56.7 Å². The average Bonchev–Trinajstić information content (AvgIpc) is 3.25. The van der Waals surface area contributed by atoms with Crippen molar-refractivity contribution in [1.29, 1.82) is 0 Å². The van der Waals surface area contributed by atoms with Gasteiger partial charge in [-0.1, -0.05) is 81.9 Å². The first-order chi connectivity index (χ1) is 14.7. The summed E-state index contributed by atoms with van der Waals surface area (Å²) >= 11 is 6.54. The summed E-state index contributed by atoms with van der Waals surface area (Å²) in [7, 11) is 0. The number of anilines is 2. The first-order valence-corrected chi connectivity index (χ1v) is 11.8. The van der Waals surface area contributed by atoms with E-state index in [0.29, 0.717) is 11.0 Å². The van der Waals surface area contributed by atoms with E-state index in [9.17, 15) is 4.79 Å². The molecule has 148 valence electrons. The molecule has 0 atom stereocenters. The normalized spacial score (nSPS) is 12.4. The van der Waals surface area contributed by atoms with E-state index < -0.39 is 0 Å². The Bertz CT molecular complexity index is 1200. The zero-order valence-electron chi connectivity index (χ0n) is 15.6. The van der Waals surface area contributed by atoms with E-state index in [1.54, 1.807) is 16.7 Å². The predicted octanol–water partition coefficient (Wildman–Crippen LogP) is 6.16. The Morgan fingerprint density at radius 3 is 2.30 bits per heavy atom. The van der Waals surface area contributed by atoms with Gasteiger partial charge in [0.15, 0.2) is 5.82 Å². The number of nitrogens with zero attached hydrogens (tertiary/aromatic N) is 3. The lowest BCUT2D eigenvalue weighted by atomic mass is 10.2. The van der Waals surface area contributed by atoms with Crippen LogP contribution in [0.25, 0.3) is 11.4 Å². The largest absolute Gasteiger partial charge is 0.278 e. The summed E-state index contributed by atoms with van der Waals surface area (Å²) in [5.74, 6) is 0.899. The molecule has 1 aromatic heterocycles. The molecule has 0 unspecified atom stereocenters. The molecule has 3 aromatic carbocycles. The van der Waals surface area contributed by atoms with Crippen LogP contribution in [-0.4, -0.2) is 26.8 Å². The smallest absolute Gasteiger partial charge is 0.242 e. The summed E-state index contributed by atoms with van der Waals surface area (Å²) < 4.78 is 0.938. The highest BCUT2D eigenvalue weighted by Gasteiger charge is 2.28. The number of amides is 1. The van der Waals surface area contributed by atoms with Crippen molar-refractivity contribution in [3.05, 3.63) is 77.3 Å². The molecule has 0 fully saturated rings. The minimum absolute atomic E-state index is 0.00700. The van der Waals surface area contributed by atoms with Crippen molar-refractivity contribution < 1.29 is 4.79 Å². The quantitative estimate of drug-likeness (QED) is 0.344. The lowest BCUT2D eigenvalue weighted by molar-refractivity contribution is -0.115.